The number of β-amino-alcohol motifs (C(OH)–C–C–N with tert-alkyl or cyclic N) is 1. The maximum atomic E-state index is 11.4. The van der Waals surface area contributed by atoms with Gasteiger partial charge in [0, 0.05) is 58.6 Å². The van der Waals surface area contributed by atoms with Gasteiger partial charge in [-0.3, -0.25) is 9.69 Å². The molecule has 7 heteroatoms. The third-order valence-corrected chi connectivity index (χ3v) is 4.95. The highest BCUT2D eigenvalue weighted by Gasteiger charge is 2.20. The van der Waals surface area contributed by atoms with Crippen molar-refractivity contribution in [3.05, 3.63) is 48.7 Å². The first-order valence-corrected chi connectivity index (χ1v) is 9.56. The van der Waals surface area contributed by atoms with Crippen LogP contribution in [0.1, 0.15) is 6.92 Å². The highest BCUT2D eigenvalue weighted by molar-refractivity contribution is 5.90. The number of ether oxygens (including phenoxy) is 1. The molecule has 1 atom stereocenters. The van der Waals surface area contributed by atoms with Crippen LogP contribution in [-0.4, -0.2) is 73.4 Å². The second kappa shape index (κ2) is 9.52. The van der Waals surface area contributed by atoms with Gasteiger partial charge in [0.2, 0.25) is 5.91 Å². The van der Waals surface area contributed by atoms with Crippen LogP contribution in [0.3, 0.4) is 0 Å². The summed E-state index contributed by atoms with van der Waals surface area (Å²) in [7, 11) is 1.73. The molecule has 1 N–H and O–H groups in total. The number of aliphatic hydroxyl groups is 1. The first-order valence-electron chi connectivity index (χ1n) is 9.56. The van der Waals surface area contributed by atoms with Crippen molar-refractivity contribution >= 4 is 17.4 Å². The Hall–Kier alpha value is -2.64. The number of anilines is 2. The second-order valence-corrected chi connectivity index (χ2v) is 7.01. The molecule has 7 nitrogen and oxygen atoms in total. The Morgan fingerprint density at radius 2 is 1.89 bits per heavy atom. The highest BCUT2D eigenvalue weighted by Crippen LogP contribution is 2.19. The van der Waals surface area contributed by atoms with Gasteiger partial charge < -0.3 is 19.6 Å². The van der Waals surface area contributed by atoms with E-state index >= 15 is 0 Å². The number of aliphatic hydroxyl groups excluding tert-OH is 1. The van der Waals surface area contributed by atoms with Crippen molar-refractivity contribution < 1.29 is 14.6 Å². The molecule has 2 aromatic rings. The van der Waals surface area contributed by atoms with Crippen LogP contribution in [0.4, 0.5) is 11.5 Å². The minimum atomic E-state index is -0.555. The van der Waals surface area contributed by atoms with Crippen LogP contribution in [0.2, 0.25) is 0 Å². The molecule has 0 bridgehead atoms. The molecule has 3 rings (SSSR count). The first kappa shape index (κ1) is 20.1. The van der Waals surface area contributed by atoms with E-state index in [1.165, 1.54) is 6.92 Å². The summed E-state index contributed by atoms with van der Waals surface area (Å²) in [6.07, 6.45) is 1.26. The summed E-state index contributed by atoms with van der Waals surface area (Å²) in [6, 6.07) is 13.2. The number of aromatic nitrogens is 1. The van der Waals surface area contributed by atoms with Crippen LogP contribution in [0, 0.1) is 0 Å². The van der Waals surface area contributed by atoms with Crippen molar-refractivity contribution in [2.24, 2.45) is 0 Å². The Bertz CT molecular complexity index is 746. The molecule has 1 amide bonds. The van der Waals surface area contributed by atoms with E-state index in [1.54, 1.807) is 11.9 Å². The molecule has 1 aromatic carbocycles. The lowest BCUT2D eigenvalue weighted by Gasteiger charge is -2.36. The second-order valence-electron chi connectivity index (χ2n) is 7.01. The summed E-state index contributed by atoms with van der Waals surface area (Å²) in [5.41, 5.74) is 0.811. The molecule has 1 aliphatic heterocycles. The molecule has 150 valence electrons. The molecule has 1 fully saturated rings. The maximum Gasteiger partial charge on any atom is 0.223 e. The molecule has 1 aromatic heterocycles. The standard InChI is InChI=1S/C21H28N4O3/c1-17(26)23(2)18-6-8-20(9-7-18)28-16-19(27)15-24-11-13-25(14-12-24)21-5-3-4-10-22-21/h3-10,19,27H,11-16H2,1-2H3/t19-/m0/s1. The Morgan fingerprint density at radius 1 is 1.18 bits per heavy atom. The van der Waals surface area contributed by atoms with Crippen LogP contribution in [0.25, 0.3) is 0 Å². The van der Waals surface area contributed by atoms with Gasteiger partial charge in [-0.15, -0.1) is 0 Å². The van der Waals surface area contributed by atoms with E-state index in [-0.39, 0.29) is 12.5 Å². The van der Waals surface area contributed by atoms with E-state index in [0.717, 1.165) is 37.7 Å². The van der Waals surface area contributed by atoms with E-state index in [1.807, 2.05) is 48.7 Å². The van der Waals surface area contributed by atoms with Gasteiger partial charge in [0.1, 0.15) is 24.3 Å². The van der Waals surface area contributed by atoms with Gasteiger partial charge in [0.05, 0.1) is 0 Å². The fraction of sp³-hybridized carbons (Fsp3) is 0.429. The predicted molar refractivity (Wildman–Crippen MR) is 110 cm³/mol. The SMILES string of the molecule is CC(=O)N(C)c1ccc(OC[C@@H](O)CN2CCN(c3ccccn3)CC2)cc1. The van der Waals surface area contributed by atoms with E-state index in [4.69, 9.17) is 4.74 Å². The predicted octanol–water partition coefficient (Wildman–Crippen LogP) is 1.63. The van der Waals surface area contributed by atoms with E-state index < -0.39 is 6.10 Å². The fourth-order valence-corrected chi connectivity index (χ4v) is 3.19. The van der Waals surface area contributed by atoms with Crippen molar-refractivity contribution in [3.8, 4) is 5.75 Å². The number of hydrogen-bond donors (Lipinski definition) is 1. The number of hydrogen-bond acceptors (Lipinski definition) is 6. The molecule has 1 saturated heterocycles. The molecule has 0 radical (unpaired) electrons. The molecule has 28 heavy (non-hydrogen) atoms. The molecule has 0 unspecified atom stereocenters. The number of rotatable bonds is 7. The largest absolute Gasteiger partial charge is 0.491 e. The monoisotopic (exact) mass is 384 g/mol. The average Bonchev–Trinajstić information content (AvgIpc) is 2.73. The van der Waals surface area contributed by atoms with E-state index in [0.29, 0.717) is 12.3 Å². The van der Waals surface area contributed by atoms with Crippen LogP contribution >= 0.6 is 0 Å². The van der Waals surface area contributed by atoms with Crippen molar-refractivity contribution in [2.75, 3.05) is 56.2 Å². The highest BCUT2D eigenvalue weighted by atomic mass is 16.5. The Balaban J connectivity index is 1.40. The minimum absolute atomic E-state index is 0.0211. The zero-order valence-corrected chi connectivity index (χ0v) is 16.5. The molecular formula is C21H28N4O3. The number of nitrogens with zero attached hydrogens (tertiary/aromatic N) is 4. The van der Waals surface area contributed by atoms with Crippen molar-refractivity contribution in [1.29, 1.82) is 0 Å². The lowest BCUT2D eigenvalue weighted by Crippen LogP contribution is -2.49. The van der Waals surface area contributed by atoms with Crippen molar-refractivity contribution in [3.63, 3.8) is 0 Å². The van der Waals surface area contributed by atoms with Gasteiger partial charge in [0.15, 0.2) is 0 Å². The van der Waals surface area contributed by atoms with Crippen molar-refractivity contribution in [1.82, 2.24) is 9.88 Å². The smallest absolute Gasteiger partial charge is 0.223 e. The van der Waals surface area contributed by atoms with Gasteiger partial charge in [0.25, 0.3) is 0 Å². The number of piperazine rings is 1. The zero-order valence-electron chi connectivity index (χ0n) is 16.5. The molecule has 0 spiro atoms. The van der Waals surface area contributed by atoms with Gasteiger partial charge in [-0.2, -0.15) is 0 Å². The van der Waals surface area contributed by atoms with Gasteiger partial charge >= 0.3 is 0 Å². The number of pyridine rings is 1. The first-order chi connectivity index (χ1) is 13.5. The summed E-state index contributed by atoms with van der Waals surface area (Å²) in [5, 5.41) is 10.3. The maximum absolute atomic E-state index is 11.4. The summed E-state index contributed by atoms with van der Waals surface area (Å²) in [6.45, 7) is 5.92. The number of carbonyl (C=O) groups is 1. The third-order valence-electron chi connectivity index (χ3n) is 4.95. The molecule has 2 heterocycles. The number of amides is 1. The zero-order chi connectivity index (χ0) is 19.9. The van der Waals surface area contributed by atoms with E-state index in [9.17, 15) is 9.90 Å². The van der Waals surface area contributed by atoms with Crippen LogP contribution in [0.15, 0.2) is 48.7 Å². The quantitative estimate of drug-likeness (QED) is 0.783. The summed E-state index contributed by atoms with van der Waals surface area (Å²) in [4.78, 5) is 21.9. The Kier molecular flexibility index (Phi) is 6.84. The topological polar surface area (TPSA) is 69.1 Å². The van der Waals surface area contributed by atoms with Gasteiger partial charge in [-0.1, -0.05) is 6.07 Å². The number of benzene rings is 1. The summed E-state index contributed by atoms with van der Waals surface area (Å²) in [5.74, 6) is 1.66. The van der Waals surface area contributed by atoms with Crippen molar-refractivity contribution in [2.45, 2.75) is 13.0 Å². The summed E-state index contributed by atoms with van der Waals surface area (Å²) < 4.78 is 5.69. The van der Waals surface area contributed by atoms with Gasteiger partial charge in [-0.25, -0.2) is 4.98 Å². The average molecular weight is 384 g/mol. The normalized spacial score (nSPS) is 15.9. The van der Waals surface area contributed by atoms with Crippen LogP contribution in [-0.2, 0) is 4.79 Å². The van der Waals surface area contributed by atoms with Gasteiger partial charge in [-0.05, 0) is 36.4 Å². The van der Waals surface area contributed by atoms with E-state index in [2.05, 4.69) is 14.8 Å². The molecule has 1 aliphatic rings. The minimum Gasteiger partial charge on any atom is -0.491 e. The van der Waals surface area contributed by atoms with Crippen LogP contribution < -0.4 is 14.5 Å². The third kappa shape index (κ3) is 5.43. The lowest BCUT2D eigenvalue weighted by atomic mass is 10.2. The lowest BCUT2D eigenvalue weighted by molar-refractivity contribution is -0.116. The molecule has 0 saturated carbocycles. The summed E-state index contributed by atoms with van der Waals surface area (Å²) >= 11 is 0. The van der Waals surface area contributed by atoms with Crippen LogP contribution in [0.5, 0.6) is 5.75 Å². The molecule has 0 aliphatic carbocycles. The fourth-order valence-electron chi connectivity index (χ4n) is 3.19. The Labute approximate surface area is 166 Å². The number of carbonyl (C=O) groups excluding carboxylic acids is 1. The molecular weight excluding hydrogens is 356 g/mol. The Morgan fingerprint density at radius 3 is 2.50 bits per heavy atom.